The zero-order valence-electron chi connectivity index (χ0n) is 22.5. The van der Waals surface area contributed by atoms with Crippen molar-refractivity contribution in [3.8, 4) is 5.75 Å². The van der Waals surface area contributed by atoms with E-state index in [2.05, 4.69) is 19.8 Å². The first-order valence-electron chi connectivity index (χ1n) is 12.1. The molecule has 0 saturated carbocycles. The Balaban J connectivity index is 1.49. The van der Waals surface area contributed by atoms with Crippen molar-refractivity contribution in [1.29, 1.82) is 0 Å². The fourth-order valence-electron chi connectivity index (χ4n) is 4.53. The van der Waals surface area contributed by atoms with Gasteiger partial charge in [0.25, 0.3) is 11.8 Å². The molecule has 2 aliphatic rings. The molecule has 19 heteroatoms. The Morgan fingerprint density at radius 2 is 1.98 bits per heavy atom. The molecule has 0 aliphatic carbocycles. The number of aromatic hydroxyl groups is 1. The first-order chi connectivity index (χ1) is 19.7. The van der Waals surface area contributed by atoms with Crippen LogP contribution in [0.15, 0.2) is 33.5 Å². The number of aliphatic carboxylic acids is 1. The largest absolute Gasteiger partial charge is 0.503 e. The number of aromatic carboxylic acids is 1. The summed E-state index contributed by atoms with van der Waals surface area (Å²) < 4.78 is 5.35. The fraction of sp³-hybridized carbons (Fsp3) is 0.391. The van der Waals surface area contributed by atoms with E-state index < -0.39 is 46.3 Å². The Morgan fingerprint density at radius 3 is 2.57 bits per heavy atom. The number of hydrogen-bond donors (Lipinski definition) is 5. The summed E-state index contributed by atoms with van der Waals surface area (Å²) in [6.45, 7) is 0.574. The molecule has 4 heterocycles. The number of nitrogens with zero attached hydrogens (tertiary/aromatic N) is 6. The van der Waals surface area contributed by atoms with Crippen molar-refractivity contribution >= 4 is 57.9 Å². The van der Waals surface area contributed by atoms with Gasteiger partial charge >= 0.3 is 11.9 Å². The number of anilines is 1. The second kappa shape index (κ2) is 11.8. The lowest BCUT2D eigenvalue weighted by molar-refractivity contribution is -0.886. The number of rotatable bonds is 11. The number of carbonyl (C=O) groups excluding carboxylic acids is 2. The van der Waals surface area contributed by atoms with Crippen LogP contribution in [0.1, 0.15) is 16.3 Å². The lowest BCUT2D eigenvalue weighted by Crippen LogP contribution is -2.71. The van der Waals surface area contributed by atoms with Crippen molar-refractivity contribution in [3.63, 3.8) is 0 Å². The Kier molecular flexibility index (Phi) is 8.55. The fourth-order valence-corrected chi connectivity index (χ4v) is 6.30. The van der Waals surface area contributed by atoms with Gasteiger partial charge in [0.05, 0.1) is 33.4 Å². The van der Waals surface area contributed by atoms with E-state index in [4.69, 9.17) is 10.6 Å². The Labute approximate surface area is 245 Å². The molecular formula is C23H27N8O9S2+. The van der Waals surface area contributed by atoms with Crippen LogP contribution in [0.2, 0.25) is 0 Å². The number of nitrogen functional groups attached to an aromatic ring is 1. The zero-order chi connectivity index (χ0) is 30.9. The molecule has 42 heavy (non-hydrogen) atoms. The highest BCUT2D eigenvalue weighted by Gasteiger charge is 2.55. The van der Waals surface area contributed by atoms with E-state index in [0.29, 0.717) is 5.57 Å². The van der Waals surface area contributed by atoms with E-state index in [9.17, 15) is 39.3 Å². The molecule has 0 spiro atoms. The van der Waals surface area contributed by atoms with E-state index in [0.717, 1.165) is 28.7 Å². The first kappa shape index (κ1) is 30.5. The van der Waals surface area contributed by atoms with Crippen molar-refractivity contribution in [3.05, 3.63) is 45.3 Å². The summed E-state index contributed by atoms with van der Waals surface area (Å²) in [5.41, 5.74) is 4.45. The average Bonchev–Trinajstić information content (AvgIpc) is 3.35. The maximum absolute atomic E-state index is 13.1. The van der Waals surface area contributed by atoms with Gasteiger partial charge in [-0.25, -0.2) is 9.59 Å². The highest BCUT2D eigenvalue weighted by atomic mass is 32.2. The van der Waals surface area contributed by atoms with Gasteiger partial charge in [-0.15, -0.1) is 11.8 Å². The second-order valence-corrected chi connectivity index (χ2v) is 11.8. The molecule has 4 rings (SSSR count). The van der Waals surface area contributed by atoms with Gasteiger partial charge in [-0.05, 0) is 0 Å². The smallest absolute Gasteiger partial charge is 0.352 e. The molecular weight excluding hydrogens is 596 g/mol. The maximum atomic E-state index is 13.1. The number of nitrogens with two attached hydrogens (primary N) is 1. The lowest BCUT2D eigenvalue weighted by atomic mass is 10.0. The number of carboxylic acid groups (broad SMARTS) is 2. The average molecular weight is 624 g/mol. The van der Waals surface area contributed by atoms with Crippen LogP contribution in [0.25, 0.3) is 0 Å². The number of β-lactam (4-membered cyclic amide) rings is 1. The number of pyridine rings is 1. The third kappa shape index (κ3) is 6.06. The van der Waals surface area contributed by atoms with Crippen molar-refractivity contribution in [1.82, 2.24) is 24.1 Å². The van der Waals surface area contributed by atoms with Gasteiger partial charge in [-0.1, -0.05) is 5.16 Å². The number of quaternary nitrogens is 1. The number of thioether (sulfide) groups is 1. The standard InChI is InChI=1S/C23H26N8O9S2/c1-31(2,5-4-29-7-13(33)12(32)6-11(29)21(36)37)8-10-9-41-20-15(19(35)30(20)16(10)22(38)39)25-18(34)14(27-40-3)17-26-23(24)42-28-17/h6-7,15,20H,4-5,8-9H2,1-3H3,(H5-,24,25,26,28,33,34,36,37,38,39)/p+1/t15-,20+/m1/s1. The van der Waals surface area contributed by atoms with Gasteiger partial charge in [0.15, 0.2) is 10.9 Å². The Morgan fingerprint density at radius 1 is 1.26 bits per heavy atom. The molecule has 2 aromatic rings. The van der Waals surface area contributed by atoms with Crippen molar-refractivity contribution in [2.45, 2.75) is 18.0 Å². The van der Waals surface area contributed by atoms with Gasteiger partial charge in [0.2, 0.25) is 17.0 Å². The molecule has 17 nitrogen and oxygen atoms in total. The number of oxime groups is 1. The van der Waals surface area contributed by atoms with E-state index >= 15 is 0 Å². The molecule has 1 fully saturated rings. The lowest BCUT2D eigenvalue weighted by Gasteiger charge is -2.49. The van der Waals surface area contributed by atoms with Crippen LogP contribution < -0.4 is 16.5 Å². The molecule has 2 aromatic heterocycles. The summed E-state index contributed by atoms with van der Waals surface area (Å²) in [6.07, 6.45) is 1.05. The van der Waals surface area contributed by atoms with Gasteiger partial charge < -0.3 is 40.3 Å². The minimum absolute atomic E-state index is 0.0852. The highest BCUT2D eigenvalue weighted by Crippen LogP contribution is 2.40. The van der Waals surface area contributed by atoms with Crippen LogP contribution >= 0.6 is 23.3 Å². The molecule has 1 saturated heterocycles. The molecule has 0 aromatic carbocycles. The molecule has 224 valence electrons. The van der Waals surface area contributed by atoms with Crippen molar-refractivity contribution < 1.29 is 43.8 Å². The number of hydrogen-bond acceptors (Lipinski definition) is 13. The molecule has 0 bridgehead atoms. The molecule has 2 aliphatic heterocycles. The second-order valence-electron chi connectivity index (χ2n) is 9.92. The number of carboxylic acids is 2. The molecule has 2 amide bonds. The van der Waals surface area contributed by atoms with Crippen molar-refractivity contribution in [2.24, 2.45) is 5.16 Å². The van der Waals surface area contributed by atoms with Crippen LogP contribution in [0, 0.1) is 0 Å². The van der Waals surface area contributed by atoms with Crippen LogP contribution in [-0.2, 0) is 25.8 Å². The third-order valence-corrected chi connectivity index (χ3v) is 8.36. The van der Waals surface area contributed by atoms with Crippen LogP contribution in [0.3, 0.4) is 0 Å². The van der Waals surface area contributed by atoms with E-state index in [1.807, 2.05) is 0 Å². The monoisotopic (exact) mass is 623 g/mol. The first-order valence-corrected chi connectivity index (χ1v) is 14.0. The number of likely N-dealkylation sites (N-methyl/N-ethyl adjacent to an activating group) is 1. The minimum Gasteiger partial charge on any atom is -0.503 e. The summed E-state index contributed by atoms with van der Waals surface area (Å²) in [6, 6.07) is -0.209. The third-order valence-electron chi connectivity index (χ3n) is 6.48. The number of amides is 2. The zero-order valence-corrected chi connectivity index (χ0v) is 24.1. The predicted molar refractivity (Wildman–Crippen MR) is 149 cm³/mol. The van der Waals surface area contributed by atoms with E-state index in [-0.39, 0.29) is 57.9 Å². The number of aromatic nitrogens is 3. The summed E-state index contributed by atoms with van der Waals surface area (Å²) in [7, 11) is 4.81. The van der Waals surface area contributed by atoms with Crippen LogP contribution in [-0.4, -0.2) is 120 Å². The summed E-state index contributed by atoms with van der Waals surface area (Å²) >= 11 is 2.12. The highest BCUT2D eigenvalue weighted by molar-refractivity contribution is 8.00. The maximum Gasteiger partial charge on any atom is 0.352 e. The SMILES string of the molecule is CON=C(C(=O)N[C@@H]1C(=O)N2C(C(=O)O)=C(C[N+](C)(C)CCn3cc(O)c(=O)cc3C(=O)O)CS[C@@H]12)c1nsc(N)n1. The van der Waals surface area contributed by atoms with E-state index in [1.54, 1.807) is 14.1 Å². The molecule has 2 atom stereocenters. The summed E-state index contributed by atoms with van der Waals surface area (Å²) in [4.78, 5) is 71.4. The summed E-state index contributed by atoms with van der Waals surface area (Å²) in [5, 5.41) is 34.8. The topological polar surface area (TPSA) is 240 Å². The van der Waals surface area contributed by atoms with Crippen LogP contribution in [0.5, 0.6) is 5.75 Å². The number of nitrogens with one attached hydrogen (secondary N) is 1. The summed E-state index contributed by atoms with van der Waals surface area (Å²) in [5.74, 6) is -4.51. The van der Waals surface area contributed by atoms with Gasteiger partial charge in [-0.3, -0.25) is 19.3 Å². The Bertz CT molecular complexity index is 1580. The Hall–Kier alpha value is -4.49. The van der Waals surface area contributed by atoms with Gasteiger partial charge in [0.1, 0.15) is 36.5 Å². The quantitative estimate of drug-likeness (QED) is 0.0834. The molecule has 0 radical (unpaired) electrons. The van der Waals surface area contributed by atoms with E-state index in [1.165, 1.54) is 23.4 Å². The van der Waals surface area contributed by atoms with Gasteiger partial charge in [-0.2, -0.15) is 9.36 Å². The van der Waals surface area contributed by atoms with Crippen molar-refractivity contribution in [2.75, 3.05) is 45.8 Å². The van der Waals surface area contributed by atoms with Gasteiger partial charge in [0, 0.05) is 28.9 Å². The normalized spacial score (nSPS) is 18.8. The number of carbonyl (C=O) groups is 4. The molecule has 0 unspecified atom stereocenters. The number of fused-ring (bicyclic) bond motifs is 1. The molecule has 6 N–H and O–H groups in total. The minimum atomic E-state index is -1.34. The predicted octanol–water partition coefficient (Wildman–Crippen LogP) is -1.45. The van der Waals surface area contributed by atoms with Crippen LogP contribution in [0.4, 0.5) is 5.13 Å².